The summed E-state index contributed by atoms with van der Waals surface area (Å²) < 4.78 is 1.73. The van der Waals surface area contributed by atoms with E-state index in [2.05, 4.69) is 62.0 Å². The molecule has 4 aromatic heterocycles. The topological polar surface area (TPSA) is 411 Å². The lowest BCUT2D eigenvalue weighted by Gasteiger charge is -2.33. The lowest BCUT2D eigenvalue weighted by atomic mass is 10.0. The number of carboxylic acid groups (broad SMARTS) is 2. The normalized spacial score (nSPS) is 16.9. The van der Waals surface area contributed by atoms with E-state index in [4.69, 9.17) is 15.7 Å². The molecule has 1 fully saturated rings. The van der Waals surface area contributed by atoms with E-state index in [1.165, 1.54) is 31.6 Å². The molecule has 30 nitrogen and oxygen atoms in total. The molecular formula is C68H82N18O12. The van der Waals surface area contributed by atoms with Gasteiger partial charge in [0.05, 0.1) is 61.5 Å². The molecule has 0 aliphatic carbocycles. The first kappa shape index (κ1) is 71.5. The number of rotatable bonds is 25. The molecular weight excluding hydrogens is 1260 g/mol. The van der Waals surface area contributed by atoms with Crippen LogP contribution in [0.4, 0.5) is 0 Å². The Balaban J connectivity index is 0.943. The average molecular weight is 1340 g/mol. The van der Waals surface area contributed by atoms with E-state index in [1.807, 2.05) is 40.1 Å². The molecule has 10 rings (SSSR count). The number of nitrogens with two attached hydrogens (primary N) is 1. The summed E-state index contributed by atoms with van der Waals surface area (Å²) >= 11 is 0. The lowest BCUT2D eigenvalue weighted by Crippen LogP contribution is -2.60. The number of H-pyrrole nitrogens is 1. The molecule has 3 aliphatic heterocycles. The van der Waals surface area contributed by atoms with Crippen LogP contribution < -0.4 is 37.6 Å². The van der Waals surface area contributed by atoms with Crippen molar-refractivity contribution in [2.75, 3.05) is 72.0 Å². The molecule has 12 N–H and O–H groups in total. The fourth-order valence-electron chi connectivity index (χ4n) is 11.5. The summed E-state index contributed by atoms with van der Waals surface area (Å²) in [5, 5.41) is 54.9. The van der Waals surface area contributed by atoms with Crippen molar-refractivity contribution in [2.45, 2.75) is 89.9 Å². The molecule has 516 valence electrons. The van der Waals surface area contributed by atoms with Crippen molar-refractivity contribution < 1.29 is 58.5 Å². The van der Waals surface area contributed by atoms with Crippen LogP contribution in [0.25, 0.3) is 22.5 Å². The van der Waals surface area contributed by atoms with E-state index in [9.17, 15) is 58.5 Å². The molecule has 0 unspecified atom stereocenters. The van der Waals surface area contributed by atoms with Gasteiger partial charge in [0, 0.05) is 102 Å². The summed E-state index contributed by atoms with van der Waals surface area (Å²) in [5.41, 5.74) is 11.7. The Morgan fingerprint density at radius 2 is 1.12 bits per heavy atom. The highest BCUT2D eigenvalue weighted by molar-refractivity contribution is 5.99. The van der Waals surface area contributed by atoms with Gasteiger partial charge in [0.25, 0.3) is 5.91 Å². The van der Waals surface area contributed by atoms with Crippen LogP contribution in [0, 0.1) is 5.92 Å². The summed E-state index contributed by atoms with van der Waals surface area (Å²) in [6.07, 6.45) is 4.12. The Labute approximate surface area is 565 Å². The van der Waals surface area contributed by atoms with E-state index in [0.717, 1.165) is 11.3 Å². The van der Waals surface area contributed by atoms with Crippen molar-refractivity contribution in [3.05, 3.63) is 167 Å². The number of carboxylic acids is 2. The molecule has 3 aromatic carbocycles. The first-order valence-corrected chi connectivity index (χ1v) is 32.2. The molecule has 7 heterocycles. The highest BCUT2D eigenvalue weighted by Crippen LogP contribution is 2.26. The number of aromatic amines is 1. The summed E-state index contributed by atoms with van der Waals surface area (Å²) in [6.45, 7) is 8.49. The van der Waals surface area contributed by atoms with Crippen LogP contribution in [0.3, 0.4) is 0 Å². The number of carbonyl (C=O) groups is 9. The maximum atomic E-state index is 14.7. The van der Waals surface area contributed by atoms with Crippen molar-refractivity contribution in [3.8, 4) is 28.3 Å². The molecule has 1 saturated heterocycles. The van der Waals surface area contributed by atoms with E-state index in [0.29, 0.717) is 111 Å². The zero-order valence-corrected chi connectivity index (χ0v) is 54.7. The van der Waals surface area contributed by atoms with Crippen molar-refractivity contribution in [1.82, 2.24) is 86.4 Å². The second-order valence-corrected chi connectivity index (χ2v) is 24.7. The minimum Gasteiger partial charge on any atom is -0.508 e. The summed E-state index contributed by atoms with van der Waals surface area (Å²) in [7, 11) is 0. The van der Waals surface area contributed by atoms with Gasteiger partial charge in [-0.15, -0.1) is 5.10 Å². The number of carbonyl (C=O) groups excluding carboxylic acids is 7. The predicted octanol–water partition coefficient (Wildman–Crippen LogP) is 0.327. The van der Waals surface area contributed by atoms with Crippen molar-refractivity contribution in [2.24, 2.45) is 11.7 Å². The van der Waals surface area contributed by atoms with Crippen LogP contribution in [0.15, 0.2) is 128 Å². The molecule has 98 heavy (non-hydrogen) atoms. The lowest BCUT2D eigenvalue weighted by molar-refractivity contribution is -0.139. The maximum Gasteiger partial charge on any atom is 0.317 e. The highest BCUT2D eigenvalue weighted by atomic mass is 16.4. The first-order chi connectivity index (χ1) is 47.1. The largest absolute Gasteiger partial charge is 0.508 e. The molecule has 0 radical (unpaired) electrons. The maximum absolute atomic E-state index is 14.7. The minimum atomic E-state index is -1.39. The summed E-state index contributed by atoms with van der Waals surface area (Å²) in [4.78, 5) is 146. The van der Waals surface area contributed by atoms with Gasteiger partial charge in [-0.3, -0.25) is 67.7 Å². The van der Waals surface area contributed by atoms with Gasteiger partial charge in [-0.05, 0) is 83.6 Å². The number of aromatic hydroxyl groups is 1. The average Bonchev–Trinajstić information content (AvgIpc) is 1.80. The standard InChI is InChI=1S/C68H82N18O12/c1-42(2)62(68(98)71-35-59(69)88)80-67(97)57(32-50-33-70-41-72-50)79-66(96)56(28-44-8-5-4-6-9-44)78-65(95)55(29-45-12-18-53(87)19-13-45)77-63(93)43(3)74-64(94)47-16-14-46(15-17-47)48-30-51-37-83-22-26-84(39-60(89)90)24-20-82(21-25-85(27-23-83)40-61(91)92)36-49-10-7-11-54(76-49)58-34-73-81-86(58)38-52(31-48)75-51/h4-19,30-31,33-34,41-43,55-57,62,87H,20-29,32,35-40H2,1-3H3,(H2,69,88)(H,70,72)(H,71,98)(H,74,94)(H,77,93)(H,78,95)(H,79,96)(H,80,97)(H,89,90)(H,91,92)/t43-,55-,56-,57-,62-/m0/s1. The Morgan fingerprint density at radius 1 is 0.561 bits per heavy atom. The Kier molecular flexibility index (Phi) is 25.0. The first-order valence-electron chi connectivity index (χ1n) is 32.2. The Hall–Kier alpha value is -10.8. The quantitative estimate of drug-likeness (QED) is 0.0367. The number of hydrogen-bond acceptors (Lipinski definition) is 19. The number of nitrogens with one attached hydrogen (secondary N) is 7. The number of hydrogen-bond donors (Lipinski definition) is 11. The Morgan fingerprint density at radius 3 is 1.69 bits per heavy atom. The van der Waals surface area contributed by atoms with Gasteiger partial charge in [-0.2, -0.15) is 0 Å². The number of imidazole rings is 1. The number of pyridine rings is 2. The van der Waals surface area contributed by atoms with Gasteiger partial charge in [-0.25, -0.2) is 14.6 Å². The van der Waals surface area contributed by atoms with Crippen LogP contribution in [0.2, 0.25) is 0 Å². The SMILES string of the molecule is CC(C)[C@H](NC(=O)[C@H](Cc1cnc[nH]1)NC(=O)[C@H](Cc1ccccc1)NC(=O)[C@H](Cc1ccc(O)cc1)NC(=O)[C@H](C)NC(=O)c1ccc(-c2cc3nc(c2)Cn2nncc2-c2cccc(n2)CN2CCN(CC(=O)O)CCN(CCN(CC(=O)O)CC2)C3)cc1)C(=O)NCC(N)=O. The smallest absolute Gasteiger partial charge is 0.317 e. The van der Waals surface area contributed by atoms with Gasteiger partial charge in [0.15, 0.2) is 0 Å². The molecule has 6 bridgehead atoms. The van der Waals surface area contributed by atoms with Crippen LogP contribution >= 0.6 is 0 Å². The number of aliphatic carboxylic acids is 2. The summed E-state index contributed by atoms with van der Waals surface area (Å²) in [5.74, 6) is -7.69. The molecule has 0 saturated carbocycles. The van der Waals surface area contributed by atoms with Gasteiger partial charge >= 0.3 is 11.9 Å². The van der Waals surface area contributed by atoms with Crippen molar-refractivity contribution in [1.29, 1.82) is 0 Å². The van der Waals surface area contributed by atoms with Gasteiger partial charge in [-0.1, -0.05) is 79.7 Å². The summed E-state index contributed by atoms with van der Waals surface area (Å²) in [6, 6.07) is 24.4. The molecule has 5 atom stereocenters. The van der Waals surface area contributed by atoms with Gasteiger partial charge in [0.2, 0.25) is 35.4 Å². The third-order valence-electron chi connectivity index (χ3n) is 16.8. The van der Waals surface area contributed by atoms with E-state index in [1.54, 1.807) is 91.5 Å². The predicted molar refractivity (Wildman–Crippen MR) is 357 cm³/mol. The zero-order chi connectivity index (χ0) is 69.8. The number of nitrogens with zero attached hydrogens (tertiary/aromatic N) is 10. The van der Waals surface area contributed by atoms with E-state index < -0.39 is 96.0 Å². The van der Waals surface area contributed by atoms with Gasteiger partial charge in [0.1, 0.15) is 41.7 Å². The van der Waals surface area contributed by atoms with Crippen LogP contribution in [-0.4, -0.2) is 225 Å². The molecule has 3 aliphatic rings. The molecule has 0 spiro atoms. The van der Waals surface area contributed by atoms with Crippen molar-refractivity contribution >= 4 is 53.3 Å². The van der Waals surface area contributed by atoms with Crippen LogP contribution in [0.1, 0.15) is 65.0 Å². The number of fused-ring (bicyclic) bond motifs is 8. The number of phenols is 1. The van der Waals surface area contributed by atoms with Crippen LogP contribution in [0.5, 0.6) is 5.75 Å². The third-order valence-corrected chi connectivity index (χ3v) is 16.8. The number of primary amides is 1. The number of benzene rings is 3. The number of aromatic nitrogens is 7. The molecule has 30 heteroatoms. The molecule has 7 amide bonds. The van der Waals surface area contributed by atoms with E-state index >= 15 is 0 Å². The minimum absolute atomic E-state index is 0.0519. The third kappa shape index (κ3) is 21.1. The van der Waals surface area contributed by atoms with Gasteiger partial charge < -0.3 is 57.9 Å². The number of amides is 7. The second-order valence-electron chi connectivity index (χ2n) is 24.7. The second kappa shape index (κ2) is 34.2. The number of phenolic OH excluding ortho intramolecular Hbond substituents is 1. The fraction of sp³-hybridized carbons (Fsp3) is 0.382. The van der Waals surface area contributed by atoms with Crippen molar-refractivity contribution in [3.63, 3.8) is 0 Å². The monoisotopic (exact) mass is 1340 g/mol. The van der Waals surface area contributed by atoms with Crippen LogP contribution in [-0.2, 0) is 77.3 Å². The van der Waals surface area contributed by atoms with E-state index in [-0.39, 0.29) is 50.2 Å². The fourth-order valence-corrected chi connectivity index (χ4v) is 11.5. The molecule has 7 aromatic rings. The Bertz CT molecular complexity index is 3880. The zero-order valence-electron chi connectivity index (χ0n) is 54.7. The highest BCUT2D eigenvalue weighted by Gasteiger charge is 2.34.